The Morgan fingerprint density at radius 1 is 1.35 bits per heavy atom. The first-order valence-corrected chi connectivity index (χ1v) is 6.79. The van der Waals surface area contributed by atoms with Crippen LogP contribution in [0.1, 0.15) is 31.7 Å². The van der Waals surface area contributed by atoms with E-state index in [1.165, 1.54) is 12.8 Å². The van der Waals surface area contributed by atoms with Gasteiger partial charge in [0, 0.05) is 20.1 Å². The van der Waals surface area contributed by atoms with E-state index >= 15 is 0 Å². The summed E-state index contributed by atoms with van der Waals surface area (Å²) in [4.78, 5) is 1.95. The molecule has 0 heterocycles. The topological polar surface area (TPSA) is 29.3 Å². The van der Waals surface area contributed by atoms with Crippen LogP contribution >= 0.6 is 15.9 Å². The van der Waals surface area contributed by atoms with Gasteiger partial charge >= 0.3 is 0 Å². The summed E-state index contributed by atoms with van der Waals surface area (Å²) in [6.45, 7) is 3.38. The highest BCUT2D eigenvalue weighted by molar-refractivity contribution is 9.10. The number of rotatable bonds is 6. The van der Waals surface area contributed by atoms with Gasteiger partial charge in [0.1, 0.15) is 0 Å². The first-order valence-electron chi connectivity index (χ1n) is 5.99. The van der Waals surface area contributed by atoms with Crippen LogP contribution in [-0.4, -0.2) is 13.6 Å². The third-order valence-corrected chi connectivity index (χ3v) is 3.73. The molecule has 0 spiro atoms. The summed E-state index contributed by atoms with van der Waals surface area (Å²) in [5.74, 6) is -0.216. The molecule has 17 heavy (non-hydrogen) atoms. The Morgan fingerprint density at radius 3 is 2.65 bits per heavy atom. The molecule has 1 aromatic carbocycles. The van der Waals surface area contributed by atoms with Gasteiger partial charge < -0.3 is 10.6 Å². The summed E-state index contributed by atoms with van der Waals surface area (Å²) in [5, 5.41) is 0. The highest BCUT2D eigenvalue weighted by atomic mass is 79.9. The molecule has 0 fully saturated rings. The van der Waals surface area contributed by atoms with Gasteiger partial charge in [-0.1, -0.05) is 25.8 Å². The standard InChI is InChI=1S/C13H20BrFN2/c1-3-4-5-8-17(2)11-7-6-10(9-16)12(14)13(11)15/h6-7H,3-5,8-9,16H2,1-2H3. The fourth-order valence-electron chi connectivity index (χ4n) is 1.75. The van der Waals surface area contributed by atoms with Crippen molar-refractivity contribution in [2.24, 2.45) is 5.73 Å². The van der Waals surface area contributed by atoms with E-state index in [1.807, 2.05) is 18.0 Å². The highest BCUT2D eigenvalue weighted by Gasteiger charge is 2.13. The largest absolute Gasteiger partial charge is 0.372 e. The van der Waals surface area contributed by atoms with Crippen molar-refractivity contribution in [3.63, 3.8) is 0 Å². The van der Waals surface area contributed by atoms with Gasteiger partial charge in [-0.2, -0.15) is 0 Å². The fraction of sp³-hybridized carbons (Fsp3) is 0.538. The lowest BCUT2D eigenvalue weighted by Gasteiger charge is -2.21. The minimum Gasteiger partial charge on any atom is -0.372 e. The maximum Gasteiger partial charge on any atom is 0.160 e. The normalized spacial score (nSPS) is 10.6. The number of hydrogen-bond acceptors (Lipinski definition) is 2. The van der Waals surface area contributed by atoms with Gasteiger partial charge in [-0.25, -0.2) is 4.39 Å². The van der Waals surface area contributed by atoms with Crippen LogP contribution in [0.4, 0.5) is 10.1 Å². The second-order valence-corrected chi connectivity index (χ2v) is 5.00. The van der Waals surface area contributed by atoms with Gasteiger partial charge in [0.2, 0.25) is 0 Å². The Hall–Kier alpha value is -0.610. The van der Waals surface area contributed by atoms with Gasteiger partial charge in [-0.15, -0.1) is 0 Å². The molecule has 0 saturated carbocycles. The summed E-state index contributed by atoms with van der Waals surface area (Å²) >= 11 is 3.26. The van der Waals surface area contributed by atoms with Crippen LogP contribution < -0.4 is 10.6 Å². The van der Waals surface area contributed by atoms with E-state index < -0.39 is 0 Å². The van der Waals surface area contributed by atoms with E-state index in [2.05, 4.69) is 22.9 Å². The second kappa shape index (κ2) is 6.97. The Bertz CT molecular complexity index is 369. The molecule has 2 N–H and O–H groups in total. The van der Waals surface area contributed by atoms with Crippen LogP contribution in [0.2, 0.25) is 0 Å². The smallest absolute Gasteiger partial charge is 0.160 e. The average molecular weight is 303 g/mol. The molecule has 0 radical (unpaired) electrons. The lowest BCUT2D eigenvalue weighted by atomic mass is 10.1. The number of unbranched alkanes of at least 4 members (excludes halogenated alkanes) is 2. The summed E-state index contributed by atoms with van der Waals surface area (Å²) in [6, 6.07) is 3.67. The molecule has 0 atom stereocenters. The first kappa shape index (κ1) is 14.5. The highest BCUT2D eigenvalue weighted by Crippen LogP contribution is 2.28. The SMILES string of the molecule is CCCCCN(C)c1ccc(CN)c(Br)c1F. The van der Waals surface area contributed by atoms with E-state index in [9.17, 15) is 4.39 Å². The molecule has 0 saturated heterocycles. The number of halogens is 2. The molecule has 1 aromatic rings. The lowest BCUT2D eigenvalue weighted by Crippen LogP contribution is -2.20. The maximum absolute atomic E-state index is 14.1. The third kappa shape index (κ3) is 3.68. The molecular weight excluding hydrogens is 283 g/mol. The molecule has 0 aliphatic heterocycles. The van der Waals surface area contributed by atoms with Crippen molar-refractivity contribution in [1.82, 2.24) is 0 Å². The molecule has 0 aliphatic carbocycles. The summed E-state index contributed by atoms with van der Waals surface area (Å²) in [7, 11) is 1.92. The van der Waals surface area contributed by atoms with Gasteiger partial charge in [-0.05, 0) is 34.0 Å². The van der Waals surface area contributed by atoms with Gasteiger partial charge in [0.15, 0.2) is 5.82 Å². The molecule has 0 aliphatic rings. The Morgan fingerprint density at radius 2 is 2.06 bits per heavy atom. The fourth-order valence-corrected chi connectivity index (χ4v) is 2.25. The third-order valence-electron chi connectivity index (χ3n) is 2.87. The zero-order valence-electron chi connectivity index (χ0n) is 10.5. The monoisotopic (exact) mass is 302 g/mol. The van der Waals surface area contributed by atoms with Crippen LogP contribution in [0.25, 0.3) is 0 Å². The lowest BCUT2D eigenvalue weighted by molar-refractivity contribution is 0.608. The quantitative estimate of drug-likeness (QED) is 0.812. The molecule has 96 valence electrons. The molecular formula is C13H20BrFN2. The Kier molecular flexibility index (Phi) is 5.92. The second-order valence-electron chi connectivity index (χ2n) is 4.20. The zero-order valence-corrected chi connectivity index (χ0v) is 12.1. The average Bonchev–Trinajstić information content (AvgIpc) is 2.32. The number of nitrogens with zero attached hydrogens (tertiary/aromatic N) is 1. The number of nitrogens with two attached hydrogens (primary N) is 1. The van der Waals surface area contributed by atoms with Crippen molar-refractivity contribution < 1.29 is 4.39 Å². The Labute approximate surface area is 111 Å². The summed E-state index contributed by atoms with van der Waals surface area (Å²) in [5.41, 5.74) is 6.96. The van der Waals surface area contributed by atoms with Crippen LogP contribution in [0.3, 0.4) is 0 Å². The first-order chi connectivity index (χ1) is 8.11. The zero-order chi connectivity index (χ0) is 12.8. The molecule has 4 heteroatoms. The van der Waals surface area contributed by atoms with E-state index in [4.69, 9.17) is 5.73 Å². The predicted octanol–water partition coefficient (Wildman–Crippen LogP) is 3.67. The van der Waals surface area contributed by atoms with Crippen molar-refractivity contribution >= 4 is 21.6 Å². The number of hydrogen-bond donors (Lipinski definition) is 1. The molecule has 1 rings (SSSR count). The minimum atomic E-state index is -0.216. The van der Waals surface area contributed by atoms with Gasteiger partial charge in [-0.3, -0.25) is 0 Å². The number of benzene rings is 1. The van der Waals surface area contributed by atoms with Crippen molar-refractivity contribution in [1.29, 1.82) is 0 Å². The van der Waals surface area contributed by atoms with Crippen molar-refractivity contribution in [3.8, 4) is 0 Å². The van der Waals surface area contributed by atoms with E-state index in [0.717, 1.165) is 18.5 Å². The minimum absolute atomic E-state index is 0.216. The predicted molar refractivity (Wildman–Crippen MR) is 74.8 cm³/mol. The van der Waals surface area contributed by atoms with Crippen molar-refractivity contribution in [2.45, 2.75) is 32.7 Å². The van der Waals surface area contributed by atoms with Crippen LogP contribution in [0.5, 0.6) is 0 Å². The molecule has 2 nitrogen and oxygen atoms in total. The molecule has 0 amide bonds. The summed E-state index contributed by atoms with van der Waals surface area (Å²) < 4.78 is 14.6. The summed E-state index contributed by atoms with van der Waals surface area (Å²) in [6.07, 6.45) is 3.43. The molecule has 0 aromatic heterocycles. The van der Waals surface area contributed by atoms with E-state index in [1.54, 1.807) is 6.07 Å². The van der Waals surface area contributed by atoms with Crippen LogP contribution in [-0.2, 0) is 6.54 Å². The van der Waals surface area contributed by atoms with Crippen LogP contribution in [0.15, 0.2) is 16.6 Å². The number of anilines is 1. The Balaban J connectivity index is 2.80. The van der Waals surface area contributed by atoms with E-state index in [-0.39, 0.29) is 5.82 Å². The van der Waals surface area contributed by atoms with E-state index in [0.29, 0.717) is 16.7 Å². The van der Waals surface area contributed by atoms with Crippen LogP contribution in [0, 0.1) is 5.82 Å². The molecule has 0 bridgehead atoms. The van der Waals surface area contributed by atoms with Gasteiger partial charge in [0.05, 0.1) is 10.2 Å². The maximum atomic E-state index is 14.1. The van der Waals surface area contributed by atoms with Crippen molar-refractivity contribution in [2.75, 3.05) is 18.5 Å². The van der Waals surface area contributed by atoms with Crippen molar-refractivity contribution in [3.05, 3.63) is 28.0 Å². The van der Waals surface area contributed by atoms with Gasteiger partial charge in [0.25, 0.3) is 0 Å². The molecule has 0 unspecified atom stereocenters.